The number of alkyl halides is 1. The fourth-order valence-electron chi connectivity index (χ4n) is 2.43. The van der Waals surface area contributed by atoms with Crippen LogP contribution in [0.4, 0.5) is 0 Å². The highest BCUT2D eigenvalue weighted by Gasteiger charge is 2.22. The minimum atomic E-state index is 0.180. The van der Waals surface area contributed by atoms with Crippen molar-refractivity contribution in [1.29, 1.82) is 0 Å². The Bertz CT molecular complexity index is 453. The van der Waals surface area contributed by atoms with Gasteiger partial charge >= 0.3 is 0 Å². The number of benzene rings is 1. The number of aryl methyl sites for hydroxylation is 2. The maximum absolute atomic E-state index is 12.5. The monoisotopic (exact) mass is 324 g/mol. The predicted molar refractivity (Wildman–Crippen MR) is 82.1 cm³/mol. The fraction of sp³-hybridized carbons (Fsp3) is 0.533. The molecule has 1 amide bonds. The molecule has 1 aliphatic heterocycles. The third kappa shape index (κ3) is 3.57. The lowest BCUT2D eigenvalue weighted by Gasteiger charge is -2.34. The van der Waals surface area contributed by atoms with Crippen LogP contribution in [0.25, 0.3) is 0 Å². The quantitative estimate of drug-likeness (QED) is 0.797. The Labute approximate surface area is 123 Å². The molecule has 0 spiro atoms. The largest absolute Gasteiger partial charge is 0.336 e. The van der Waals surface area contributed by atoms with E-state index in [1.54, 1.807) is 0 Å². The fourth-order valence-corrected chi connectivity index (χ4v) is 2.93. The second kappa shape index (κ2) is 6.53. The Kier molecular flexibility index (Phi) is 4.99. The smallest absolute Gasteiger partial charge is 0.254 e. The Morgan fingerprint density at radius 2 is 1.89 bits per heavy atom. The van der Waals surface area contributed by atoms with Crippen molar-refractivity contribution in [3.05, 3.63) is 34.9 Å². The van der Waals surface area contributed by atoms with Crippen molar-refractivity contribution >= 4 is 21.8 Å². The summed E-state index contributed by atoms with van der Waals surface area (Å²) in [6, 6.07) is 6.09. The van der Waals surface area contributed by atoms with E-state index in [0.717, 1.165) is 54.7 Å². The number of amides is 1. The SMILES string of the molecule is Cc1ccc(C)c(C(=O)N2CCN(CCBr)CC2)c1. The van der Waals surface area contributed by atoms with Gasteiger partial charge in [0.25, 0.3) is 5.91 Å². The van der Waals surface area contributed by atoms with E-state index in [0.29, 0.717) is 0 Å². The molecule has 1 heterocycles. The molecule has 1 aliphatic rings. The lowest BCUT2D eigenvalue weighted by atomic mass is 10.0. The molecule has 3 nitrogen and oxygen atoms in total. The van der Waals surface area contributed by atoms with E-state index in [9.17, 15) is 4.79 Å². The van der Waals surface area contributed by atoms with Crippen molar-refractivity contribution in [2.24, 2.45) is 0 Å². The van der Waals surface area contributed by atoms with Crippen molar-refractivity contribution in [3.8, 4) is 0 Å². The van der Waals surface area contributed by atoms with E-state index < -0.39 is 0 Å². The van der Waals surface area contributed by atoms with Crippen LogP contribution in [-0.4, -0.2) is 53.8 Å². The highest BCUT2D eigenvalue weighted by atomic mass is 79.9. The van der Waals surface area contributed by atoms with Crippen LogP contribution in [0.2, 0.25) is 0 Å². The Balaban J connectivity index is 2.03. The molecule has 0 atom stereocenters. The standard InChI is InChI=1S/C15H21BrN2O/c1-12-3-4-13(2)14(11-12)15(19)18-9-7-17(6-5-16)8-10-18/h3-4,11H,5-10H2,1-2H3. The number of nitrogens with zero attached hydrogens (tertiary/aromatic N) is 2. The average Bonchev–Trinajstić information content (AvgIpc) is 2.42. The van der Waals surface area contributed by atoms with Gasteiger partial charge in [-0.25, -0.2) is 0 Å². The first-order valence-electron chi connectivity index (χ1n) is 6.76. The number of halogens is 1. The summed E-state index contributed by atoms with van der Waals surface area (Å²) in [4.78, 5) is 16.9. The van der Waals surface area contributed by atoms with Crippen LogP contribution in [0.5, 0.6) is 0 Å². The molecule has 1 aromatic carbocycles. The zero-order valence-electron chi connectivity index (χ0n) is 11.7. The molecule has 104 valence electrons. The van der Waals surface area contributed by atoms with Gasteiger partial charge in [0.05, 0.1) is 0 Å². The molecule has 4 heteroatoms. The van der Waals surface area contributed by atoms with E-state index in [1.165, 1.54) is 0 Å². The maximum Gasteiger partial charge on any atom is 0.254 e. The Morgan fingerprint density at radius 3 is 2.53 bits per heavy atom. The van der Waals surface area contributed by atoms with E-state index in [1.807, 2.05) is 30.9 Å². The van der Waals surface area contributed by atoms with Crippen LogP contribution < -0.4 is 0 Å². The molecule has 0 saturated carbocycles. The van der Waals surface area contributed by atoms with Gasteiger partial charge in [-0.1, -0.05) is 33.6 Å². The molecule has 0 aromatic heterocycles. The molecule has 1 aromatic rings. The molecule has 2 rings (SSSR count). The van der Waals surface area contributed by atoms with Gasteiger partial charge in [-0.05, 0) is 25.5 Å². The maximum atomic E-state index is 12.5. The molecular formula is C15H21BrN2O. The molecule has 0 radical (unpaired) electrons. The molecule has 1 saturated heterocycles. The summed E-state index contributed by atoms with van der Waals surface area (Å²) in [7, 11) is 0. The van der Waals surface area contributed by atoms with Crippen LogP contribution in [0, 0.1) is 13.8 Å². The van der Waals surface area contributed by atoms with Gasteiger partial charge in [-0.3, -0.25) is 9.69 Å². The van der Waals surface area contributed by atoms with Crippen LogP contribution in [0.15, 0.2) is 18.2 Å². The number of piperazine rings is 1. The molecule has 19 heavy (non-hydrogen) atoms. The van der Waals surface area contributed by atoms with E-state index >= 15 is 0 Å². The molecule has 0 N–H and O–H groups in total. The Hall–Kier alpha value is -0.870. The summed E-state index contributed by atoms with van der Waals surface area (Å²) in [5, 5.41) is 0.998. The van der Waals surface area contributed by atoms with E-state index in [4.69, 9.17) is 0 Å². The first-order chi connectivity index (χ1) is 9.11. The lowest BCUT2D eigenvalue weighted by Crippen LogP contribution is -2.49. The first-order valence-corrected chi connectivity index (χ1v) is 7.89. The first kappa shape index (κ1) is 14.5. The minimum absolute atomic E-state index is 0.180. The van der Waals surface area contributed by atoms with Crippen molar-refractivity contribution in [1.82, 2.24) is 9.80 Å². The number of carbonyl (C=O) groups excluding carboxylic acids is 1. The Morgan fingerprint density at radius 1 is 1.21 bits per heavy atom. The predicted octanol–water partition coefficient (Wildman–Crippen LogP) is 2.46. The number of carbonyl (C=O) groups is 1. The third-order valence-electron chi connectivity index (χ3n) is 3.68. The van der Waals surface area contributed by atoms with Crippen molar-refractivity contribution < 1.29 is 4.79 Å². The summed E-state index contributed by atoms with van der Waals surface area (Å²) < 4.78 is 0. The van der Waals surface area contributed by atoms with Crippen LogP contribution >= 0.6 is 15.9 Å². The molecular weight excluding hydrogens is 304 g/mol. The van der Waals surface area contributed by atoms with Gasteiger partial charge in [-0.2, -0.15) is 0 Å². The third-order valence-corrected chi connectivity index (χ3v) is 4.04. The summed E-state index contributed by atoms with van der Waals surface area (Å²) in [5.41, 5.74) is 3.07. The van der Waals surface area contributed by atoms with Gasteiger partial charge in [0.1, 0.15) is 0 Å². The van der Waals surface area contributed by atoms with Crippen LogP contribution in [0.1, 0.15) is 21.5 Å². The van der Waals surface area contributed by atoms with Gasteiger partial charge in [0, 0.05) is 43.6 Å². The number of hydrogen-bond donors (Lipinski definition) is 0. The normalized spacial score (nSPS) is 16.7. The van der Waals surface area contributed by atoms with Gasteiger partial charge < -0.3 is 4.90 Å². The topological polar surface area (TPSA) is 23.6 Å². The van der Waals surface area contributed by atoms with Crippen LogP contribution in [-0.2, 0) is 0 Å². The van der Waals surface area contributed by atoms with Crippen LogP contribution in [0.3, 0.4) is 0 Å². The van der Waals surface area contributed by atoms with Gasteiger partial charge in [0.2, 0.25) is 0 Å². The van der Waals surface area contributed by atoms with E-state index in [2.05, 4.69) is 26.9 Å². The second-order valence-electron chi connectivity index (χ2n) is 5.14. The summed E-state index contributed by atoms with van der Waals surface area (Å²) in [6.07, 6.45) is 0. The highest BCUT2D eigenvalue weighted by Crippen LogP contribution is 2.15. The van der Waals surface area contributed by atoms with E-state index in [-0.39, 0.29) is 5.91 Å². The lowest BCUT2D eigenvalue weighted by molar-refractivity contribution is 0.0644. The second-order valence-corrected chi connectivity index (χ2v) is 5.93. The summed E-state index contributed by atoms with van der Waals surface area (Å²) >= 11 is 3.46. The van der Waals surface area contributed by atoms with Gasteiger partial charge in [0.15, 0.2) is 0 Å². The highest BCUT2D eigenvalue weighted by molar-refractivity contribution is 9.09. The van der Waals surface area contributed by atoms with Crippen molar-refractivity contribution in [2.75, 3.05) is 38.1 Å². The molecule has 1 fully saturated rings. The van der Waals surface area contributed by atoms with Crippen molar-refractivity contribution in [3.63, 3.8) is 0 Å². The summed E-state index contributed by atoms with van der Waals surface area (Å²) in [5.74, 6) is 0.180. The molecule has 0 bridgehead atoms. The minimum Gasteiger partial charge on any atom is -0.336 e. The van der Waals surface area contributed by atoms with Crippen molar-refractivity contribution in [2.45, 2.75) is 13.8 Å². The molecule has 0 unspecified atom stereocenters. The number of hydrogen-bond acceptors (Lipinski definition) is 2. The van der Waals surface area contributed by atoms with Gasteiger partial charge in [-0.15, -0.1) is 0 Å². The zero-order valence-corrected chi connectivity index (χ0v) is 13.2. The number of rotatable bonds is 3. The molecule has 0 aliphatic carbocycles. The average molecular weight is 325 g/mol. The summed E-state index contributed by atoms with van der Waals surface area (Å²) in [6.45, 7) is 8.71. The zero-order chi connectivity index (χ0) is 13.8.